The summed E-state index contributed by atoms with van der Waals surface area (Å²) in [6, 6.07) is 0. The molecule has 0 amide bonds. The molecule has 1 rings (SSSR count). The average Bonchev–Trinajstić information content (AvgIpc) is 2.45. The Morgan fingerprint density at radius 1 is 1.38 bits per heavy atom. The third kappa shape index (κ3) is 2.49. The molecule has 6 nitrogen and oxygen atoms in total. The van der Waals surface area contributed by atoms with Gasteiger partial charge in [0.2, 0.25) is 0 Å². The average molecular weight is 238 g/mol. The van der Waals surface area contributed by atoms with E-state index in [2.05, 4.69) is 5.10 Å². The fourth-order valence-electron chi connectivity index (χ4n) is 1.01. The maximum atomic E-state index is 12.3. The second kappa shape index (κ2) is 3.83. The van der Waals surface area contributed by atoms with Gasteiger partial charge in [-0.3, -0.25) is 9.48 Å². The lowest BCUT2D eigenvalue weighted by Gasteiger charge is -2.02. The number of rotatable bonds is 3. The largest absolute Gasteiger partial charge is 0.480 e. The summed E-state index contributed by atoms with van der Waals surface area (Å²) in [5.41, 5.74) is -2.69. The van der Waals surface area contributed by atoms with E-state index in [4.69, 9.17) is 10.2 Å². The highest BCUT2D eigenvalue weighted by molar-refractivity contribution is 5.88. The Balaban J connectivity index is 3.21. The van der Waals surface area contributed by atoms with Crippen LogP contribution in [0.25, 0.3) is 0 Å². The number of hydrogen-bond donors (Lipinski definition) is 2. The summed E-state index contributed by atoms with van der Waals surface area (Å²) in [5.74, 6) is -3.24. The molecule has 2 N–H and O–H groups in total. The number of alkyl halides is 3. The maximum absolute atomic E-state index is 12.3. The first kappa shape index (κ1) is 12.0. The Morgan fingerprint density at radius 3 is 2.25 bits per heavy atom. The number of carboxylic acids is 2. The van der Waals surface area contributed by atoms with Gasteiger partial charge in [-0.05, 0) is 0 Å². The second-order valence-electron chi connectivity index (χ2n) is 2.79. The first-order valence-electron chi connectivity index (χ1n) is 3.81. The van der Waals surface area contributed by atoms with Gasteiger partial charge in [-0.1, -0.05) is 0 Å². The summed E-state index contributed by atoms with van der Waals surface area (Å²) in [7, 11) is 0. The summed E-state index contributed by atoms with van der Waals surface area (Å²) in [6.07, 6.45) is -4.41. The Kier molecular flexibility index (Phi) is 2.88. The lowest BCUT2D eigenvalue weighted by atomic mass is 10.2. The number of hydrogen-bond acceptors (Lipinski definition) is 3. The number of aromatic carboxylic acids is 1. The minimum absolute atomic E-state index is 0.411. The van der Waals surface area contributed by atoms with Crippen molar-refractivity contribution >= 4 is 11.9 Å². The van der Waals surface area contributed by atoms with Crippen molar-refractivity contribution < 1.29 is 33.0 Å². The van der Waals surface area contributed by atoms with Crippen LogP contribution in [0.1, 0.15) is 16.1 Å². The van der Waals surface area contributed by atoms with Crippen LogP contribution in [-0.4, -0.2) is 31.9 Å². The summed E-state index contributed by atoms with van der Waals surface area (Å²) in [6.45, 7) is -0.837. The van der Waals surface area contributed by atoms with E-state index < -0.39 is 35.9 Å². The third-order valence-corrected chi connectivity index (χ3v) is 1.56. The van der Waals surface area contributed by atoms with E-state index in [0.29, 0.717) is 10.9 Å². The molecule has 0 saturated heterocycles. The number of aliphatic carboxylic acids is 1. The number of aromatic nitrogens is 2. The fourth-order valence-corrected chi connectivity index (χ4v) is 1.01. The molecule has 0 radical (unpaired) electrons. The van der Waals surface area contributed by atoms with Crippen molar-refractivity contribution in [1.29, 1.82) is 0 Å². The van der Waals surface area contributed by atoms with Gasteiger partial charge in [0, 0.05) is 6.20 Å². The quantitative estimate of drug-likeness (QED) is 0.807. The Labute approximate surface area is 85.9 Å². The zero-order chi connectivity index (χ0) is 12.5. The molecule has 1 aromatic rings. The molecular formula is C7H5F3N2O4. The van der Waals surface area contributed by atoms with E-state index in [0.717, 1.165) is 0 Å². The third-order valence-electron chi connectivity index (χ3n) is 1.56. The van der Waals surface area contributed by atoms with Gasteiger partial charge in [-0.2, -0.15) is 18.3 Å². The van der Waals surface area contributed by atoms with E-state index >= 15 is 0 Å². The maximum Gasteiger partial charge on any atom is 0.436 e. The van der Waals surface area contributed by atoms with Crippen molar-refractivity contribution in [3.05, 3.63) is 17.5 Å². The van der Waals surface area contributed by atoms with Crippen LogP contribution in [0.2, 0.25) is 0 Å². The summed E-state index contributed by atoms with van der Waals surface area (Å²) < 4.78 is 37.2. The van der Waals surface area contributed by atoms with Crippen molar-refractivity contribution in [3.8, 4) is 0 Å². The Hall–Kier alpha value is -2.06. The van der Waals surface area contributed by atoms with Gasteiger partial charge >= 0.3 is 18.1 Å². The zero-order valence-corrected chi connectivity index (χ0v) is 7.52. The lowest BCUT2D eigenvalue weighted by molar-refractivity contribution is -0.143. The second-order valence-corrected chi connectivity index (χ2v) is 2.79. The lowest BCUT2D eigenvalue weighted by Crippen LogP contribution is -2.13. The molecule has 0 spiro atoms. The van der Waals surface area contributed by atoms with Crippen LogP contribution in [0.5, 0.6) is 0 Å². The first-order valence-corrected chi connectivity index (χ1v) is 3.81. The fraction of sp³-hybridized carbons (Fsp3) is 0.286. The predicted molar refractivity (Wildman–Crippen MR) is 41.8 cm³/mol. The van der Waals surface area contributed by atoms with Gasteiger partial charge < -0.3 is 10.2 Å². The monoisotopic (exact) mass is 238 g/mol. The molecule has 0 aliphatic rings. The highest BCUT2D eigenvalue weighted by Crippen LogP contribution is 2.30. The molecule has 0 aliphatic heterocycles. The van der Waals surface area contributed by atoms with Gasteiger partial charge in [-0.25, -0.2) is 4.79 Å². The first-order chi connectivity index (χ1) is 7.21. The van der Waals surface area contributed by atoms with Crippen molar-refractivity contribution in [2.45, 2.75) is 12.7 Å². The van der Waals surface area contributed by atoms with Crippen molar-refractivity contribution in [2.75, 3.05) is 0 Å². The van der Waals surface area contributed by atoms with Crippen LogP contribution in [0.3, 0.4) is 0 Å². The van der Waals surface area contributed by atoms with Gasteiger partial charge in [0.15, 0.2) is 5.69 Å². The molecular weight excluding hydrogens is 233 g/mol. The highest BCUT2D eigenvalue weighted by atomic mass is 19.4. The number of nitrogens with zero attached hydrogens (tertiary/aromatic N) is 2. The van der Waals surface area contributed by atoms with Crippen molar-refractivity contribution in [3.63, 3.8) is 0 Å². The molecule has 0 atom stereocenters. The number of carboxylic acid groups (broad SMARTS) is 2. The van der Waals surface area contributed by atoms with Crippen LogP contribution < -0.4 is 0 Å². The molecule has 0 bridgehead atoms. The van der Waals surface area contributed by atoms with Crippen LogP contribution in [0.15, 0.2) is 6.20 Å². The van der Waals surface area contributed by atoms with Crippen molar-refractivity contribution in [2.24, 2.45) is 0 Å². The molecule has 1 aromatic heterocycles. The van der Waals surface area contributed by atoms with Crippen LogP contribution in [0, 0.1) is 0 Å². The van der Waals surface area contributed by atoms with Crippen LogP contribution in [-0.2, 0) is 17.5 Å². The molecule has 88 valence electrons. The SMILES string of the molecule is O=C(O)Cn1cc(C(=O)O)c(C(F)(F)F)n1. The Morgan fingerprint density at radius 2 is 1.94 bits per heavy atom. The van der Waals surface area contributed by atoms with Gasteiger partial charge in [0.05, 0.1) is 0 Å². The minimum atomic E-state index is -4.93. The van der Waals surface area contributed by atoms with E-state index in [1.165, 1.54) is 0 Å². The van der Waals surface area contributed by atoms with E-state index in [9.17, 15) is 22.8 Å². The molecule has 9 heteroatoms. The van der Waals surface area contributed by atoms with E-state index in [1.54, 1.807) is 0 Å². The van der Waals surface area contributed by atoms with Crippen LogP contribution in [0.4, 0.5) is 13.2 Å². The number of carbonyl (C=O) groups is 2. The Bertz CT molecular complexity index is 437. The van der Waals surface area contributed by atoms with E-state index in [1.807, 2.05) is 0 Å². The molecule has 0 aromatic carbocycles. The molecule has 0 saturated carbocycles. The van der Waals surface area contributed by atoms with Crippen molar-refractivity contribution in [1.82, 2.24) is 9.78 Å². The molecule has 0 aliphatic carbocycles. The summed E-state index contributed by atoms with van der Waals surface area (Å²) in [5, 5.41) is 19.7. The molecule has 1 heterocycles. The minimum Gasteiger partial charge on any atom is -0.480 e. The van der Waals surface area contributed by atoms with Gasteiger partial charge in [0.25, 0.3) is 0 Å². The normalized spacial score (nSPS) is 11.4. The predicted octanol–water partition coefficient (Wildman–Crippen LogP) is 0.685. The standard InChI is InChI=1S/C7H5F3N2O4/c8-7(9,10)5-3(6(15)16)1-12(11-5)2-4(13)14/h1H,2H2,(H,13,14)(H,15,16). The van der Waals surface area contributed by atoms with E-state index in [-0.39, 0.29) is 0 Å². The smallest absolute Gasteiger partial charge is 0.436 e. The number of halogens is 3. The van der Waals surface area contributed by atoms with Crippen LogP contribution >= 0.6 is 0 Å². The van der Waals surface area contributed by atoms with Gasteiger partial charge in [0.1, 0.15) is 12.1 Å². The summed E-state index contributed by atoms with van der Waals surface area (Å²) >= 11 is 0. The van der Waals surface area contributed by atoms with Gasteiger partial charge in [-0.15, -0.1) is 0 Å². The molecule has 0 fully saturated rings. The molecule has 0 unspecified atom stereocenters. The molecule has 16 heavy (non-hydrogen) atoms. The zero-order valence-electron chi connectivity index (χ0n) is 7.52. The summed E-state index contributed by atoms with van der Waals surface area (Å²) in [4.78, 5) is 20.7. The topological polar surface area (TPSA) is 92.4 Å². The highest BCUT2D eigenvalue weighted by Gasteiger charge is 2.39.